The standard InChI is InChI=1S/C20H16O7/c1-26-16(21)10-14(11-6-8-12(9-7-11)20(24)25)19-18(23)17(22)13-4-2-3-5-15(13)27-19/h2-9,14,23H,10H2,1H3,(H,24,25)/t14-/m0/s1. The molecule has 3 aromatic rings. The van der Waals surface area contributed by atoms with Crippen molar-refractivity contribution < 1.29 is 29.0 Å². The fourth-order valence-corrected chi connectivity index (χ4v) is 2.86. The van der Waals surface area contributed by atoms with Gasteiger partial charge in [-0.2, -0.15) is 0 Å². The van der Waals surface area contributed by atoms with Gasteiger partial charge in [0, 0.05) is 0 Å². The summed E-state index contributed by atoms with van der Waals surface area (Å²) in [7, 11) is 1.23. The third-order valence-corrected chi connectivity index (χ3v) is 4.28. The van der Waals surface area contributed by atoms with Gasteiger partial charge in [-0.25, -0.2) is 4.79 Å². The smallest absolute Gasteiger partial charge is 0.335 e. The normalized spacial score (nSPS) is 11.9. The molecule has 0 aliphatic rings. The lowest BCUT2D eigenvalue weighted by molar-refractivity contribution is -0.140. The summed E-state index contributed by atoms with van der Waals surface area (Å²) in [5.41, 5.74) is 0.232. The van der Waals surface area contributed by atoms with Crippen LogP contribution in [0.15, 0.2) is 57.7 Å². The van der Waals surface area contributed by atoms with E-state index in [0.29, 0.717) is 5.56 Å². The molecule has 1 aromatic heterocycles. The van der Waals surface area contributed by atoms with Crippen molar-refractivity contribution in [2.45, 2.75) is 12.3 Å². The number of carbonyl (C=O) groups is 2. The van der Waals surface area contributed by atoms with Gasteiger partial charge in [-0.1, -0.05) is 24.3 Å². The van der Waals surface area contributed by atoms with Crippen LogP contribution in [0, 0.1) is 0 Å². The van der Waals surface area contributed by atoms with Gasteiger partial charge in [-0.3, -0.25) is 9.59 Å². The summed E-state index contributed by atoms with van der Waals surface area (Å²) in [6.07, 6.45) is -0.197. The number of carbonyl (C=O) groups excluding carboxylic acids is 1. The largest absolute Gasteiger partial charge is 0.502 e. The molecular weight excluding hydrogens is 352 g/mol. The molecular formula is C20H16O7. The van der Waals surface area contributed by atoms with Crippen LogP contribution in [0.5, 0.6) is 5.75 Å². The molecule has 0 amide bonds. The Morgan fingerprint density at radius 2 is 1.78 bits per heavy atom. The van der Waals surface area contributed by atoms with Crippen LogP contribution in [0.4, 0.5) is 0 Å². The van der Waals surface area contributed by atoms with Crippen molar-refractivity contribution in [2.75, 3.05) is 7.11 Å². The number of para-hydroxylation sites is 1. The highest BCUT2D eigenvalue weighted by Crippen LogP contribution is 2.34. The van der Waals surface area contributed by atoms with Crippen LogP contribution < -0.4 is 5.43 Å². The van der Waals surface area contributed by atoms with Crippen molar-refractivity contribution in [3.63, 3.8) is 0 Å². The first-order valence-electron chi connectivity index (χ1n) is 8.07. The lowest BCUT2D eigenvalue weighted by Crippen LogP contribution is -2.14. The Morgan fingerprint density at radius 1 is 1.11 bits per heavy atom. The van der Waals surface area contributed by atoms with E-state index in [-0.39, 0.29) is 28.7 Å². The Kier molecular flexibility index (Phi) is 4.94. The first kappa shape index (κ1) is 18.2. The van der Waals surface area contributed by atoms with Gasteiger partial charge in [0.15, 0.2) is 5.76 Å². The Morgan fingerprint density at radius 3 is 2.41 bits per heavy atom. The van der Waals surface area contributed by atoms with E-state index in [2.05, 4.69) is 0 Å². The number of hydrogen-bond acceptors (Lipinski definition) is 6. The second-order valence-electron chi connectivity index (χ2n) is 5.90. The number of ether oxygens (including phenoxy) is 1. The number of methoxy groups -OCH3 is 1. The van der Waals surface area contributed by atoms with Crippen molar-refractivity contribution in [3.8, 4) is 5.75 Å². The van der Waals surface area contributed by atoms with Gasteiger partial charge < -0.3 is 19.4 Å². The van der Waals surface area contributed by atoms with E-state index >= 15 is 0 Å². The Labute approximate surface area is 153 Å². The number of aromatic carboxylic acids is 1. The van der Waals surface area contributed by atoms with E-state index in [1.807, 2.05) is 0 Å². The Balaban J connectivity index is 2.17. The molecule has 0 saturated carbocycles. The van der Waals surface area contributed by atoms with E-state index in [9.17, 15) is 19.5 Å². The van der Waals surface area contributed by atoms with Crippen molar-refractivity contribution in [1.82, 2.24) is 0 Å². The van der Waals surface area contributed by atoms with Gasteiger partial charge in [0.25, 0.3) is 0 Å². The zero-order valence-electron chi connectivity index (χ0n) is 14.3. The van der Waals surface area contributed by atoms with Crippen LogP contribution in [0.25, 0.3) is 11.0 Å². The molecule has 1 atom stereocenters. The molecule has 0 bridgehead atoms. The third-order valence-electron chi connectivity index (χ3n) is 4.28. The van der Waals surface area contributed by atoms with E-state index < -0.39 is 29.0 Å². The molecule has 0 saturated heterocycles. The van der Waals surface area contributed by atoms with Crippen LogP contribution in [0.1, 0.15) is 34.0 Å². The molecule has 0 fully saturated rings. The monoisotopic (exact) mass is 368 g/mol. The van der Waals surface area contributed by atoms with Crippen LogP contribution in [-0.4, -0.2) is 29.3 Å². The topological polar surface area (TPSA) is 114 Å². The highest BCUT2D eigenvalue weighted by molar-refractivity contribution is 5.87. The second kappa shape index (κ2) is 7.33. The van der Waals surface area contributed by atoms with Crippen LogP contribution in [-0.2, 0) is 9.53 Å². The molecule has 7 heteroatoms. The molecule has 0 spiro atoms. The van der Waals surface area contributed by atoms with Gasteiger partial charge in [-0.05, 0) is 29.8 Å². The molecule has 2 aromatic carbocycles. The maximum atomic E-state index is 12.5. The average molecular weight is 368 g/mol. The number of fused-ring (bicyclic) bond motifs is 1. The molecule has 3 rings (SSSR count). The predicted molar refractivity (Wildman–Crippen MR) is 96.0 cm³/mol. The van der Waals surface area contributed by atoms with Crippen LogP contribution in [0.3, 0.4) is 0 Å². The minimum absolute atomic E-state index is 0.0692. The number of hydrogen-bond donors (Lipinski definition) is 2. The lowest BCUT2D eigenvalue weighted by atomic mass is 9.91. The average Bonchev–Trinajstić information content (AvgIpc) is 2.69. The molecule has 0 unspecified atom stereocenters. The van der Waals surface area contributed by atoms with Gasteiger partial charge in [-0.15, -0.1) is 0 Å². The molecule has 7 nitrogen and oxygen atoms in total. The number of rotatable bonds is 5. The summed E-state index contributed by atoms with van der Waals surface area (Å²) in [6.45, 7) is 0. The van der Waals surface area contributed by atoms with E-state index in [4.69, 9.17) is 14.3 Å². The molecule has 1 heterocycles. The molecule has 0 aliphatic heterocycles. The summed E-state index contributed by atoms with van der Waals surface area (Å²) in [5, 5.41) is 19.7. The van der Waals surface area contributed by atoms with E-state index in [1.165, 1.54) is 37.4 Å². The van der Waals surface area contributed by atoms with E-state index in [1.54, 1.807) is 18.2 Å². The van der Waals surface area contributed by atoms with Gasteiger partial charge in [0.2, 0.25) is 11.2 Å². The number of esters is 1. The molecule has 0 aliphatic carbocycles. The van der Waals surface area contributed by atoms with Gasteiger partial charge >= 0.3 is 11.9 Å². The quantitative estimate of drug-likeness (QED) is 0.666. The predicted octanol–water partition coefficient (Wildman–Crippen LogP) is 2.89. The van der Waals surface area contributed by atoms with Crippen molar-refractivity contribution in [1.29, 1.82) is 0 Å². The summed E-state index contributed by atoms with van der Waals surface area (Å²) < 4.78 is 10.4. The van der Waals surface area contributed by atoms with Crippen molar-refractivity contribution in [2.24, 2.45) is 0 Å². The summed E-state index contributed by atoms with van der Waals surface area (Å²) in [4.78, 5) is 35.4. The Bertz CT molecular complexity index is 1060. The summed E-state index contributed by atoms with van der Waals surface area (Å²) in [6, 6.07) is 12.2. The fourth-order valence-electron chi connectivity index (χ4n) is 2.86. The van der Waals surface area contributed by atoms with E-state index in [0.717, 1.165) is 0 Å². The van der Waals surface area contributed by atoms with Crippen LogP contribution >= 0.6 is 0 Å². The number of aromatic hydroxyl groups is 1. The first-order chi connectivity index (χ1) is 12.9. The van der Waals surface area contributed by atoms with Gasteiger partial charge in [0.1, 0.15) is 5.58 Å². The van der Waals surface area contributed by atoms with Crippen molar-refractivity contribution >= 4 is 22.9 Å². The zero-order chi connectivity index (χ0) is 19.6. The maximum absolute atomic E-state index is 12.5. The fraction of sp³-hybridized carbons (Fsp3) is 0.150. The highest BCUT2D eigenvalue weighted by Gasteiger charge is 2.27. The third kappa shape index (κ3) is 3.52. The minimum Gasteiger partial charge on any atom is -0.502 e. The first-order valence-corrected chi connectivity index (χ1v) is 8.07. The van der Waals surface area contributed by atoms with Crippen molar-refractivity contribution in [3.05, 3.63) is 75.6 Å². The number of carboxylic acids is 1. The minimum atomic E-state index is -1.09. The summed E-state index contributed by atoms with van der Waals surface area (Å²) >= 11 is 0. The highest BCUT2D eigenvalue weighted by atomic mass is 16.5. The number of carboxylic acid groups (broad SMARTS) is 1. The number of benzene rings is 2. The zero-order valence-corrected chi connectivity index (χ0v) is 14.3. The molecule has 27 heavy (non-hydrogen) atoms. The van der Waals surface area contributed by atoms with Crippen LogP contribution in [0.2, 0.25) is 0 Å². The molecule has 138 valence electrons. The summed E-state index contributed by atoms with van der Waals surface area (Å²) in [5.74, 6) is -3.15. The molecule has 0 radical (unpaired) electrons. The lowest BCUT2D eigenvalue weighted by Gasteiger charge is -2.17. The Hall–Kier alpha value is -3.61. The maximum Gasteiger partial charge on any atom is 0.335 e. The van der Waals surface area contributed by atoms with Gasteiger partial charge in [0.05, 0.1) is 30.4 Å². The SMILES string of the molecule is COC(=O)C[C@@H](c1ccc(C(=O)O)cc1)c1oc2ccccc2c(=O)c1O. The second-order valence-corrected chi connectivity index (χ2v) is 5.90. The molecule has 2 N–H and O–H groups in total.